The summed E-state index contributed by atoms with van der Waals surface area (Å²) in [5.74, 6) is 2.25. The van der Waals surface area contributed by atoms with Crippen molar-refractivity contribution in [2.24, 2.45) is 0 Å². The predicted molar refractivity (Wildman–Crippen MR) is 198 cm³/mol. The van der Waals surface area contributed by atoms with E-state index in [4.69, 9.17) is 0 Å². The van der Waals surface area contributed by atoms with E-state index in [9.17, 15) is 0 Å². The summed E-state index contributed by atoms with van der Waals surface area (Å²) in [5.41, 5.74) is 0. The molecular formula is C42H83N2+. The molecule has 1 N–H and O–H groups in total. The summed E-state index contributed by atoms with van der Waals surface area (Å²) >= 11 is 0. The second-order valence-corrected chi connectivity index (χ2v) is 14.7. The normalized spacial score (nSPS) is 13.1. The van der Waals surface area contributed by atoms with Crippen LogP contribution in [0.3, 0.4) is 0 Å². The van der Waals surface area contributed by atoms with E-state index >= 15 is 0 Å². The zero-order valence-electron chi connectivity index (χ0n) is 31.1. The molecule has 0 bridgehead atoms. The van der Waals surface area contributed by atoms with Crippen molar-refractivity contribution in [3.05, 3.63) is 18.2 Å². The number of nitrogens with one attached hydrogen (secondary N) is 1. The number of aromatic amines is 1. The molecule has 260 valence electrons. The van der Waals surface area contributed by atoms with E-state index in [2.05, 4.69) is 49.6 Å². The number of aromatic nitrogens is 2. The maximum atomic E-state index is 3.75. The number of unbranched alkanes of at least 4 members (excludes halogenated alkanes) is 27. The lowest BCUT2D eigenvalue weighted by atomic mass is 9.92. The summed E-state index contributed by atoms with van der Waals surface area (Å²) in [6, 6.07) is 0.619. The van der Waals surface area contributed by atoms with Crippen LogP contribution < -0.4 is 4.57 Å². The van der Waals surface area contributed by atoms with Crippen molar-refractivity contribution in [1.82, 2.24) is 4.98 Å². The molecular weight excluding hydrogens is 532 g/mol. The fraction of sp³-hybridized carbons (Fsp3) is 0.929. The van der Waals surface area contributed by atoms with Gasteiger partial charge in [0.2, 0.25) is 0 Å². The van der Waals surface area contributed by atoms with Gasteiger partial charge in [-0.1, -0.05) is 207 Å². The topological polar surface area (TPSA) is 19.7 Å². The molecule has 0 saturated carbocycles. The zero-order valence-corrected chi connectivity index (χ0v) is 31.1. The molecule has 0 amide bonds. The number of imidazole rings is 1. The number of hydrogen-bond acceptors (Lipinski definition) is 0. The van der Waals surface area contributed by atoms with Crippen LogP contribution in [0.15, 0.2) is 12.4 Å². The SMILES string of the molecule is CCCCCCCCCCCCCCCC(C)[n+]1cc[nH]c1C(CCCCCCCCCC)CCCCCCCCCCC. The van der Waals surface area contributed by atoms with Crippen LogP contribution in [0.2, 0.25) is 0 Å². The number of hydrogen-bond donors (Lipinski definition) is 1. The van der Waals surface area contributed by atoms with E-state index in [0.29, 0.717) is 12.0 Å². The molecule has 0 radical (unpaired) electrons. The minimum Gasteiger partial charge on any atom is -0.247 e. The number of H-pyrrole nitrogens is 1. The first-order chi connectivity index (χ1) is 21.7. The van der Waals surface area contributed by atoms with Gasteiger partial charge in [0.15, 0.2) is 0 Å². The Kier molecular flexibility index (Phi) is 30.1. The third kappa shape index (κ3) is 23.5. The lowest BCUT2D eigenvalue weighted by molar-refractivity contribution is -0.727. The van der Waals surface area contributed by atoms with Crippen molar-refractivity contribution in [2.45, 2.75) is 252 Å². The van der Waals surface area contributed by atoms with Crippen LogP contribution >= 0.6 is 0 Å². The van der Waals surface area contributed by atoms with Gasteiger partial charge in [0, 0.05) is 0 Å². The van der Waals surface area contributed by atoms with Crippen molar-refractivity contribution in [3.8, 4) is 0 Å². The van der Waals surface area contributed by atoms with Crippen LogP contribution in [0.4, 0.5) is 0 Å². The van der Waals surface area contributed by atoms with E-state index in [0.717, 1.165) is 0 Å². The van der Waals surface area contributed by atoms with E-state index in [1.165, 1.54) is 218 Å². The summed E-state index contributed by atoms with van der Waals surface area (Å²) in [6.45, 7) is 9.43. The van der Waals surface area contributed by atoms with E-state index < -0.39 is 0 Å². The molecule has 0 aliphatic rings. The summed E-state index contributed by atoms with van der Waals surface area (Å²) in [4.78, 5) is 3.75. The van der Waals surface area contributed by atoms with E-state index in [-0.39, 0.29) is 0 Å². The highest BCUT2D eigenvalue weighted by Gasteiger charge is 2.25. The minimum absolute atomic E-state index is 0.619. The molecule has 0 spiro atoms. The third-order valence-corrected chi connectivity index (χ3v) is 10.4. The molecule has 0 aliphatic carbocycles. The standard InChI is InChI=1S/C42H82N2/c1-5-8-11-14-17-20-21-22-23-25-26-29-32-35-40(4)44-39-38-43-42(44)41(36-33-30-27-19-16-13-10-7-3)37-34-31-28-24-18-15-12-9-6-2/h38-41H,5-37H2,1-4H3/p+1. The van der Waals surface area contributed by atoms with Gasteiger partial charge in [-0.3, -0.25) is 0 Å². The summed E-state index contributed by atoms with van der Waals surface area (Å²) < 4.78 is 2.64. The Labute approximate surface area is 278 Å². The van der Waals surface area contributed by atoms with Gasteiger partial charge >= 0.3 is 0 Å². The Balaban J connectivity index is 2.37. The van der Waals surface area contributed by atoms with Gasteiger partial charge in [0.25, 0.3) is 5.82 Å². The molecule has 1 rings (SSSR count). The average molecular weight is 616 g/mol. The first-order valence-electron chi connectivity index (χ1n) is 20.8. The van der Waals surface area contributed by atoms with Gasteiger partial charge in [-0.25, -0.2) is 9.55 Å². The van der Waals surface area contributed by atoms with Gasteiger partial charge in [-0.15, -0.1) is 0 Å². The van der Waals surface area contributed by atoms with Gasteiger partial charge < -0.3 is 0 Å². The first kappa shape index (κ1) is 41.2. The molecule has 2 nitrogen and oxygen atoms in total. The van der Waals surface area contributed by atoms with Crippen LogP contribution in [0.1, 0.15) is 257 Å². The van der Waals surface area contributed by atoms with Gasteiger partial charge in [-0.05, 0) is 32.6 Å². The van der Waals surface area contributed by atoms with Crippen molar-refractivity contribution >= 4 is 0 Å². The number of rotatable bonds is 35. The lowest BCUT2D eigenvalue weighted by Crippen LogP contribution is -2.41. The molecule has 0 aromatic carbocycles. The number of nitrogens with zero attached hydrogens (tertiary/aromatic N) is 1. The Morgan fingerprint density at radius 2 is 0.727 bits per heavy atom. The molecule has 0 aliphatic heterocycles. The molecule has 2 unspecified atom stereocenters. The highest BCUT2D eigenvalue weighted by molar-refractivity contribution is 4.90. The molecule has 2 heteroatoms. The van der Waals surface area contributed by atoms with Crippen molar-refractivity contribution in [3.63, 3.8) is 0 Å². The van der Waals surface area contributed by atoms with Crippen molar-refractivity contribution in [1.29, 1.82) is 0 Å². The summed E-state index contributed by atoms with van der Waals surface area (Å²) in [6.07, 6.45) is 51.6. The van der Waals surface area contributed by atoms with Crippen LogP contribution in [0.25, 0.3) is 0 Å². The molecule has 1 heterocycles. The molecule has 0 saturated heterocycles. The van der Waals surface area contributed by atoms with Crippen LogP contribution in [-0.4, -0.2) is 4.98 Å². The Hall–Kier alpha value is -0.790. The van der Waals surface area contributed by atoms with Crippen molar-refractivity contribution in [2.75, 3.05) is 0 Å². The maximum absolute atomic E-state index is 3.75. The predicted octanol–water partition coefficient (Wildman–Crippen LogP) is 14.9. The first-order valence-corrected chi connectivity index (χ1v) is 20.8. The summed E-state index contributed by atoms with van der Waals surface area (Å²) in [5, 5.41) is 0. The molecule has 0 fully saturated rings. The monoisotopic (exact) mass is 616 g/mol. The molecule has 1 aromatic rings. The smallest absolute Gasteiger partial charge is 0.247 e. The molecule has 2 atom stereocenters. The molecule has 1 aromatic heterocycles. The van der Waals surface area contributed by atoms with Crippen molar-refractivity contribution < 1.29 is 4.57 Å². The van der Waals surface area contributed by atoms with E-state index in [1.54, 1.807) is 0 Å². The van der Waals surface area contributed by atoms with Crippen LogP contribution in [-0.2, 0) is 0 Å². The lowest BCUT2D eigenvalue weighted by Gasteiger charge is -2.17. The van der Waals surface area contributed by atoms with Gasteiger partial charge in [0.05, 0.1) is 12.0 Å². The fourth-order valence-electron chi connectivity index (χ4n) is 7.31. The second kappa shape index (κ2) is 32.2. The largest absolute Gasteiger partial charge is 0.257 e. The van der Waals surface area contributed by atoms with Crippen LogP contribution in [0, 0.1) is 0 Å². The maximum Gasteiger partial charge on any atom is 0.257 e. The average Bonchev–Trinajstić information content (AvgIpc) is 3.52. The van der Waals surface area contributed by atoms with Gasteiger partial charge in [-0.2, -0.15) is 0 Å². The summed E-state index contributed by atoms with van der Waals surface area (Å²) in [7, 11) is 0. The minimum atomic E-state index is 0.619. The van der Waals surface area contributed by atoms with Crippen LogP contribution in [0.5, 0.6) is 0 Å². The Morgan fingerprint density at radius 3 is 1.07 bits per heavy atom. The van der Waals surface area contributed by atoms with E-state index in [1.807, 2.05) is 0 Å². The fourth-order valence-corrected chi connectivity index (χ4v) is 7.31. The second-order valence-electron chi connectivity index (χ2n) is 14.7. The Morgan fingerprint density at radius 1 is 0.432 bits per heavy atom. The molecule has 44 heavy (non-hydrogen) atoms. The van der Waals surface area contributed by atoms with Gasteiger partial charge in [0.1, 0.15) is 12.4 Å². The third-order valence-electron chi connectivity index (χ3n) is 10.4. The zero-order chi connectivity index (χ0) is 31.8. The highest BCUT2D eigenvalue weighted by Crippen LogP contribution is 2.27. The quantitative estimate of drug-likeness (QED) is 0.0579. The highest BCUT2D eigenvalue weighted by atomic mass is 15.1. The Bertz CT molecular complexity index is 679.